The standard InChI is InChI=1S/C24H28N2OS/c1-17-21-16-28(25-18-10-5-4-6-11-18)22(14-9-15-26(2)3)23(21)19-12-7-8-13-20(19)24(17)27/h4-8,10-13,22,27H,9,14-16H2,1-3H3. The highest BCUT2D eigenvalue weighted by Gasteiger charge is 2.32. The van der Waals surface area contributed by atoms with E-state index in [2.05, 4.69) is 62.3 Å². The van der Waals surface area contributed by atoms with E-state index in [9.17, 15) is 5.11 Å². The average molecular weight is 393 g/mol. The summed E-state index contributed by atoms with van der Waals surface area (Å²) >= 11 is 0. The van der Waals surface area contributed by atoms with Gasteiger partial charge in [0.05, 0.1) is 5.69 Å². The minimum Gasteiger partial charge on any atom is -0.507 e. The van der Waals surface area contributed by atoms with Crippen LogP contribution in [0, 0.1) is 6.92 Å². The minimum atomic E-state index is -0.106. The molecule has 1 aliphatic rings. The first kappa shape index (κ1) is 19.2. The summed E-state index contributed by atoms with van der Waals surface area (Å²) < 4.78 is 5.16. The van der Waals surface area contributed by atoms with Crippen molar-refractivity contribution < 1.29 is 5.11 Å². The van der Waals surface area contributed by atoms with Gasteiger partial charge in [-0.1, -0.05) is 53.2 Å². The Morgan fingerprint density at radius 2 is 1.71 bits per heavy atom. The molecule has 2 unspecified atom stereocenters. The van der Waals surface area contributed by atoms with Gasteiger partial charge in [-0.25, -0.2) is 4.36 Å². The molecule has 0 aliphatic carbocycles. The molecular formula is C24H28N2OS. The third-order valence-electron chi connectivity index (χ3n) is 5.60. The minimum absolute atomic E-state index is 0.106. The lowest BCUT2D eigenvalue weighted by Gasteiger charge is -2.18. The zero-order valence-corrected chi connectivity index (χ0v) is 17.7. The van der Waals surface area contributed by atoms with Crippen LogP contribution in [0.4, 0.5) is 5.69 Å². The Kier molecular flexibility index (Phi) is 5.51. The molecule has 3 nitrogen and oxygen atoms in total. The lowest BCUT2D eigenvalue weighted by molar-refractivity contribution is 0.394. The molecule has 0 amide bonds. The van der Waals surface area contributed by atoms with Crippen molar-refractivity contribution in [2.45, 2.75) is 30.8 Å². The highest BCUT2D eigenvalue weighted by Crippen LogP contribution is 2.47. The first-order valence-electron chi connectivity index (χ1n) is 9.90. The largest absolute Gasteiger partial charge is 0.507 e. The van der Waals surface area contributed by atoms with E-state index in [1.165, 1.54) is 16.5 Å². The second-order valence-electron chi connectivity index (χ2n) is 7.82. The van der Waals surface area contributed by atoms with Crippen LogP contribution in [0.15, 0.2) is 59.0 Å². The molecule has 3 aromatic rings. The summed E-state index contributed by atoms with van der Waals surface area (Å²) in [5.74, 6) is 1.37. The monoisotopic (exact) mass is 392 g/mol. The van der Waals surface area contributed by atoms with Crippen LogP contribution >= 0.6 is 0 Å². The summed E-state index contributed by atoms with van der Waals surface area (Å²) in [6.07, 6.45) is 2.28. The molecule has 3 aromatic carbocycles. The third-order valence-corrected chi connectivity index (χ3v) is 7.76. The number of nitrogens with zero attached hydrogens (tertiary/aromatic N) is 2. The number of hydrogen-bond acceptors (Lipinski definition) is 3. The molecule has 0 saturated carbocycles. The first-order valence-corrected chi connectivity index (χ1v) is 11.3. The van der Waals surface area contributed by atoms with Gasteiger partial charge in [0.25, 0.3) is 0 Å². The van der Waals surface area contributed by atoms with Crippen LogP contribution in [0.25, 0.3) is 10.8 Å². The summed E-state index contributed by atoms with van der Waals surface area (Å²) in [5.41, 5.74) is 4.83. The SMILES string of the molecule is Cc1c2c(c3ccccc3c1O)C(CCCN(C)C)S(=Nc1ccccc1)C2. The second kappa shape index (κ2) is 8.06. The normalized spacial score (nSPS) is 18.9. The highest BCUT2D eigenvalue weighted by atomic mass is 32.2. The Morgan fingerprint density at radius 1 is 1.04 bits per heavy atom. The van der Waals surface area contributed by atoms with E-state index >= 15 is 0 Å². The van der Waals surface area contributed by atoms with Gasteiger partial charge in [-0.15, -0.1) is 0 Å². The fourth-order valence-corrected chi connectivity index (χ4v) is 6.60. The molecular weight excluding hydrogens is 364 g/mol. The van der Waals surface area contributed by atoms with E-state index in [1.54, 1.807) is 0 Å². The van der Waals surface area contributed by atoms with E-state index < -0.39 is 0 Å². The Hall–Kier alpha value is -2.17. The van der Waals surface area contributed by atoms with E-state index in [0.717, 1.165) is 41.8 Å². The smallest absolute Gasteiger partial charge is 0.126 e. The number of phenolic OH excluding ortho intramolecular Hbond substituents is 1. The average Bonchev–Trinajstić information content (AvgIpc) is 3.05. The van der Waals surface area contributed by atoms with Crippen LogP contribution in [0.3, 0.4) is 0 Å². The molecule has 28 heavy (non-hydrogen) atoms. The number of aromatic hydroxyl groups is 1. The number of hydrogen-bond donors (Lipinski definition) is 1. The Bertz CT molecular complexity index is 1030. The van der Waals surface area contributed by atoms with Gasteiger partial charge < -0.3 is 10.0 Å². The van der Waals surface area contributed by atoms with Crippen molar-refractivity contribution in [2.75, 3.05) is 20.6 Å². The van der Waals surface area contributed by atoms with Gasteiger partial charge in [0.15, 0.2) is 0 Å². The maximum atomic E-state index is 10.8. The second-order valence-corrected chi connectivity index (χ2v) is 9.66. The number of benzene rings is 3. The van der Waals surface area contributed by atoms with Crippen LogP contribution in [0.1, 0.15) is 34.8 Å². The van der Waals surface area contributed by atoms with Crippen LogP contribution < -0.4 is 0 Å². The molecule has 1 N–H and O–H groups in total. The van der Waals surface area contributed by atoms with Crippen LogP contribution in [0.2, 0.25) is 0 Å². The van der Waals surface area contributed by atoms with Crippen molar-refractivity contribution in [1.29, 1.82) is 0 Å². The van der Waals surface area contributed by atoms with E-state index in [0.29, 0.717) is 11.0 Å². The van der Waals surface area contributed by atoms with E-state index in [-0.39, 0.29) is 10.7 Å². The summed E-state index contributed by atoms with van der Waals surface area (Å²) in [6, 6.07) is 18.6. The lowest BCUT2D eigenvalue weighted by Crippen LogP contribution is -2.14. The molecule has 0 spiro atoms. The van der Waals surface area contributed by atoms with Crippen LogP contribution in [-0.4, -0.2) is 30.6 Å². The van der Waals surface area contributed by atoms with Crippen molar-refractivity contribution in [1.82, 2.24) is 4.90 Å². The van der Waals surface area contributed by atoms with Gasteiger partial charge in [-0.05, 0) is 74.6 Å². The van der Waals surface area contributed by atoms with E-state index in [4.69, 9.17) is 4.36 Å². The molecule has 0 bridgehead atoms. The number of rotatable bonds is 5. The molecule has 146 valence electrons. The van der Waals surface area contributed by atoms with Gasteiger partial charge in [0.2, 0.25) is 0 Å². The zero-order valence-electron chi connectivity index (χ0n) is 16.9. The fraction of sp³-hybridized carbons (Fsp3) is 0.333. The molecule has 4 heteroatoms. The van der Waals surface area contributed by atoms with Crippen molar-refractivity contribution in [3.63, 3.8) is 0 Å². The fourth-order valence-electron chi connectivity index (χ4n) is 4.17. The molecule has 0 saturated heterocycles. The maximum Gasteiger partial charge on any atom is 0.126 e. The van der Waals surface area contributed by atoms with Crippen molar-refractivity contribution in [3.05, 3.63) is 71.3 Å². The highest BCUT2D eigenvalue weighted by molar-refractivity contribution is 7.87. The summed E-state index contributed by atoms with van der Waals surface area (Å²) in [4.78, 5) is 2.25. The Labute approximate surface area is 170 Å². The third kappa shape index (κ3) is 3.59. The summed E-state index contributed by atoms with van der Waals surface area (Å²) in [7, 11) is 4.16. The van der Waals surface area contributed by atoms with Gasteiger partial charge in [-0.2, -0.15) is 0 Å². The lowest BCUT2D eigenvalue weighted by atomic mass is 9.91. The zero-order chi connectivity index (χ0) is 19.7. The van der Waals surface area contributed by atoms with Crippen LogP contribution in [-0.2, 0) is 16.4 Å². The topological polar surface area (TPSA) is 35.8 Å². The van der Waals surface area contributed by atoms with Crippen molar-refractivity contribution in [3.8, 4) is 5.75 Å². The van der Waals surface area contributed by atoms with Gasteiger partial charge >= 0.3 is 0 Å². The molecule has 0 aromatic heterocycles. The Balaban J connectivity index is 1.84. The maximum absolute atomic E-state index is 10.8. The van der Waals surface area contributed by atoms with Gasteiger partial charge in [0, 0.05) is 16.4 Å². The molecule has 0 fully saturated rings. The summed E-state index contributed by atoms with van der Waals surface area (Å²) in [5, 5.41) is 13.4. The van der Waals surface area contributed by atoms with Crippen molar-refractivity contribution in [2.24, 2.45) is 4.36 Å². The molecule has 1 heterocycles. The Morgan fingerprint density at radius 3 is 2.43 bits per heavy atom. The number of phenols is 1. The molecule has 0 radical (unpaired) electrons. The number of fused-ring (bicyclic) bond motifs is 3. The predicted molar refractivity (Wildman–Crippen MR) is 120 cm³/mol. The van der Waals surface area contributed by atoms with Crippen molar-refractivity contribution >= 4 is 27.2 Å². The predicted octanol–water partition coefficient (Wildman–Crippen LogP) is 5.88. The van der Waals surface area contributed by atoms with Gasteiger partial charge in [-0.3, -0.25) is 0 Å². The molecule has 2 atom stereocenters. The molecule has 1 aliphatic heterocycles. The summed E-state index contributed by atoms with van der Waals surface area (Å²) in [6.45, 7) is 3.15. The van der Waals surface area contributed by atoms with Crippen LogP contribution in [0.5, 0.6) is 5.75 Å². The molecule has 4 rings (SSSR count). The quantitative estimate of drug-likeness (QED) is 0.588. The van der Waals surface area contributed by atoms with Gasteiger partial charge in [0.1, 0.15) is 5.75 Å². The first-order chi connectivity index (χ1) is 13.6. The van der Waals surface area contributed by atoms with E-state index in [1.807, 2.05) is 18.2 Å².